The molecule has 0 aliphatic rings. The van der Waals surface area contributed by atoms with Gasteiger partial charge in [0.25, 0.3) is 5.69 Å². The molecule has 92 valence electrons. The smallest absolute Gasteiger partial charge is 0.258 e. The first-order valence-corrected chi connectivity index (χ1v) is 5.87. The fourth-order valence-corrected chi connectivity index (χ4v) is 2.17. The maximum absolute atomic E-state index is 10.7. The third-order valence-corrected chi connectivity index (χ3v) is 2.78. The first-order chi connectivity index (χ1) is 8.45. The molecule has 0 atom stereocenters. The molecule has 0 saturated carbocycles. The molecule has 0 fully saturated rings. The van der Waals surface area contributed by atoms with E-state index >= 15 is 0 Å². The highest BCUT2D eigenvalue weighted by Crippen LogP contribution is 2.29. The lowest BCUT2D eigenvalue weighted by molar-refractivity contribution is -0.384. The summed E-state index contributed by atoms with van der Waals surface area (Å²) in [6, 6.07) is 7.27. The number of aromatic nitrogens is 1. The molecule has 0 N–H and O–H groups in total. The van der Waals surface area contributed by atoms with Crippen LogP contribution in [0.25, 0.3) is 11.3 Å². The summed E-state index contributed by atoms with van der Waals surface area (Å²) >= 11 is 17.5. The topological polar surface area (TPSA) is 56.0 Å². The molecule has 0 spiro atoms. The maximum atomic E-state index is 10.7. The molecule has 1 aromatic carbocycles. The van der Waals surface area contributed by atoms with Gasteiger partial charge in [-0.15, -0.1) is 0 Å². The number of hydrogen-bond acceptors (Lipinski definition) is 3. The van der Waals surface area contributed by atoms with E-state index in [1.807, 2.05) is 0 Å². The van der Waals surface area contributed by atoms with Crippen LogP contribution in [0.3, 0.4) is 0 Å². The average Bonchev–Trinajstić information content (AvgIpc) is 2.26. The van der Waals surface area contributed by atoms with Crippen LogP contribution in [0.15, 0.2) is 30.3 Å². The number of rotatable bonds is 2. The lowest BCUT2D eigenvalue weighted by Gasteiger charge is -2.03. The molecule has 2 aromatic rings. The van der Waals surface area contributed by atoms with E-state index in [4.69, 9.17) is 34.8 Å². The second kappa shape index (κ2) is 5.10. The van der Waals surface area contributed by atoms with Gasteiger partial charge in [-0.05, 0) is 18.2 Å². The van der Waals surface area contributed by atoms with Crippen molar-refractivity contribution in [2.45, 2.75) is 0 Å². The van der Waals surface area contributed by atoms with Crippen LogP contribution in [0.2, 0.25) is 15.2 Å². The van der Waals surface area contributed by atoms with Crippen LogP contribution < -0.4 is 0 Å². The predicted molar refractivity (Wildman–Crippen MR) is 71.4 cm³/mol. The standard InChI is InChI=1S/C11H5Cl3N2O2/c12-7-1-6(2-8(13)3-7)10-4-9(16(17)18)5-11(14)15-10/h1-5H. The third-order valence-electron chi connectivity index (χ3n) is 2.15. The number of nitrogens with zero attached hydrogens (tertiary/aromatic N) is 2. The Morgan fingerprint density at radius 1 is 1.00 bits per heavy atom. The zero-order valence-corrected chi connectivity index (χ0v) is 11.0. The summed E-state index contributed by atoms with van der Waals surface area (Å²) < 4.78 is 0. The maximum Gasteiger partial charge on any atom is 0.274 e. The highest BCUT2D eigenvalue weighted by Gasteiger charge is 2.12. The van der Waals surface area contributed by atoms with E-state index in [0.29, 0.717) is 21.3 Å². The molecule has 18 heavy (non-hydrogen) atoms. The first-order valence-electron chi connectivity index (χ1n) is 4.74. The molecule has 0 aliphatic heterocycles. The summed E-state index contributed by atoms with van der Waals surface area (Å²) in [6.07, 6.45) is 0. The van der Waals surface area contributed by atoms with Gasteiger partial charge < -0.3 is 0 Å². The Morgan fingerprint density at radius 2 is 1.61 bits per heavy atom. The SMILES string of the molecule is O=[N+]([O-])c1cc(Cl)nc(-c2cc(Cl)cc(Cl)c2)c1. The molecule has 0 radical (unpaired) electrons. The minimum absolute atomic E-state index is 0.0373. The van der Waals surface area contributed by atoms with Crippen LogP contribution >= 0.6 is 34.8 Å². The Balaban J connectivity index is 2.59. The highest BCUT2D eigenvalue weighted by molar-refractivity contribution is 6.35. The van der Waals surface area contributed by atoms with Crippen molar-refractivity contribution < 1.29 is 4.92 Å². The van der Waals surface area contributed by atoms with Crippen LogP contribution in [0.5, 0.6) is 0 Å². The van der Waals surface area contributed by atoms with Crippen molar-refractivity contribution in [3.63, 3.8) is 0 Å². The van der Waals surface area contributed by atoms with Gasteiger partial charge in [-0.25, -0.2) is 4.98 Å². The Morgan fingerprint density at radius 3 is 2.17 bits per heavy atom. The van der Waals surface area contributed by atoms with Crippen molar-refractivity contribution in [3.05, 3.63) is 55.6 Å². The molecule has 0 saturated heterocycles. The van der Waals surface area contributed by atoms with Crippen LogP contribution in [-0.2, 0) is 0 Å². The summed E-state index contributed by atoms with van der Waals surface area (Å²) in [5, 5.41) is 11.6. The molecule has 1 aromatic heterocycles. The largest absolute Gasteiger partial charge is 0.274 e. The van der Waals surface area contributed by atoms with Crippen molar-refractivity contribution in [3.8, 4) is 11.3 Å². The molecule has 2 rings (SSSR count). The lowest BCUT2D eigenvalue weighted by atomic mass is 10.1. The number of halogens is 3. The van der Waals surface area contributed by atoms with Gasteiger partial charge in [-0.1, -0.05) is 34.8 Å². The van der Waals surface area contributed by atoms with Gasteiger partial charge in [0.05, 0.1) is 16.7 Å². The third kappa shape index (κ3) is 2.90. The molecule has 1 heterocycles. The predicted octanol–water partition coefficient (Wildman–Crippen LogP) is 4.62. The van der Waals surface area contributed by atoms with E-state index in [1.54, 1.807) is 18.2 Å². The zero-order valence-electron chi connectivity index (χ0n) is 8.73. The molecular formula is C11H5Cl3N2O2. The molecule has 4 nitrogen and oxygen atoms in total. The van der Waals surface area contributed by atoms with Crippen LogP contribution in [0.4, 0.5) is 5.69 Å². The normalized spacial score (nSPS) is 10.4. The summed E-state index contributed by atoms with van der Waals surface area (Å²) in [6.45, 7) is 0. The van der Waals surface area contributed by atoms with Gasteiger partial charge in [-0.2, -0.15) is 0 Å². The van der Waals surface area contributed by atoms with Crippen LogP contribution in [0, 0.1) is 10.1 Å². The molecule has 0 bridgehead atoms. The van der Waals surface area contributed by atoms with Crippen molar-refractivity contribution in [1.82, 2.24) is 4.98 Å². The number of pyridine rings is 1. The van der Waals surface area contributed by atoms with E-state index in [0.717, 1.165) is 0 Å². The van der Waals surface area contributed by atoms with Crippen molar-refractivity contribution in [1.29, 1.82) is 0 Å². The quantitative estimate of drug-likeness (QED) is 0.462. The zero-order chi connectivity index (χ0) is 13.3. The van der Waals surface area contributed by atoms with Crippen molar-refractivity contribution in [2.75, 3.05) is 0 Å². The summed E-state index contributed by atoms with van der Waals surface area (Å²) in [4.78, 5) is 14.2. The Kier molecular flexibility index (Phi) is 3.71. The van der Waals surface area contributed by atoms with Crippen molar-refractivity contribution >= 4 is 40.5 Å². The number of benzene rings is 1. The van der Waals surface area contributed by atoms with Crippen LogP contribution in [-0.4, -0.2) is 9.91 Å². The van der Waals surface area contributed by atoms with E-state index in [2.05, 4.69) is 4.98 Å². The molecule has 0 amide bonds. The average molecular weight is 304 g/mol. The minimum atomic E-state index is -0.538. The summed E-state index contributed by atoms with van der Waals surface area (Å²) in [7, 11) is 0. The molecule has 7 heteroatoms. The molecular weight excluding hydrogens is 298 g/mol. The second-order valence-corrected chi connectivity index (χ2v) is 4.71. The van der Waals surface area contributed by atoms with E-state index in [-0.39, 0.29) is 10.8 Å². The molecule has 0 unspecified atom stereocenters. The Bertz CT molecular complexity index is 611. The Labute approximate surface area is 117 Å². The summed E-state index contributed by atoms with van der Waals surface area (Å²) in [5.74, 6) is 0. The Hall–Kier alpha value is -1.36. The van der Waals surface area contributed by atoms with Gasteiger partial charge in [0, 0.05) is 21.7 Å². The van der Waals surface area contributed by atoms with E-state index in [1.165, 1.54) is 12.1 Å². The second-order valence-electron chi connectivity index (χ2n) is 3.45. The van der Waals surface area contributed by atoms with Gasteiger partial charge >= 0.3 is 0 Å². The minimum Gasteiger partial charge on any atom is -0.258 e. The number of hydrogen-bond donors (Lipinski definition) is 0. The highest BCUT2D eigenvalue weighted by atomic mass is 35.5. The van der Waals surface area contributed by atoms with Gasteiger partial charge in [0.2, 0.25) is 0 Å². The van der Waals surface area contributed by atoms with Gasteiger partial charge in [-0.3, -0.25) is 10.1 Å². The molecule has 0 aliphatic carbocycles. The summed E-state index contributed by atoms with van der Waals surface area (Å²) in [5.41, 5.74) is 0.776. The monoisotopic (exact) mass is 302 g/mol. The number of nitro groups is 1. The fraction of sp³-hybridized carbons (Fsp3) is 0. The van der Waals surface area contributed by atoms with Gasteiger partial charge in [0.15, 0.2) is 0 Å². The lowest BCUT2D eigenvalue weighted by Crippen LogP contribution is -1.92. The van der Waals surface area contributed by atoms with E-state index < -0.39 is 4.92 Å². The van der Waals surface area contributed by atoms with Crippen LogP contribution in [0.1, 0.15) is 0 Å². The first kappa shape index (κ1) is 13.1. The fourth-order valence-electron chi connectivity index (χ4n) is 1.44. The van der Waals surface area contributed by atoms with Crippen molar-refractivity contribution in [2.24, 2.45) is 0 Å². The van der Waals surface area contributed by atoms with Gasteiger partial charge in [0.1, 0.15) is 5.15 Å². The van der Waals surface area contributed by atoms with E-state index in [9.17, 15) is 10.1 Å².